The topological polar surface area (TPSA) is 65.3 Å². The van der Waals surface area contributed by atoms with Gasteiger partial charge in [-0.05, 0) is 56.3 Å². The number of alkyl halides is 4. The number of rotatable bonds is 12. The molecule has 0 N–H and O–H groups in total. The third kappa shape index (κ3) is 6.46. The summed E-state index contributed by atoms with van der Waals surface area (Å²) in [5, 5.41) is 0. The number of aromatic nitrogens is 2. The Hall–Kier alpha value is -3.34. The fraction of sp³-hybridized carbons (Fsp3) is 0.500. The molecule has 0 bridgehead atoms. The van der Waals surface area contributed by atoms with Crippen molar-refractivity contribution < 1.29 is 36.6 Å². The molecule has 1 aliphatic carbocycles. The maximum Gasteiger partial charge on any atom is 0.387 e. The lowest BCUT2D eigenvalue weighted by atomic mass is 10.00. The van der Waals surface area contributed by atoms with Gasteiger partial charge >= 0.3 is 6.61 Å². The SMILES string of the molecule is COc1cc(-c2cnc3cc(OCC4CCCCN4CC(F)F)ccn23)cc(OC(F)F)c1C(=O)CC1CC1. The summed E-state index contributed by atoms with van der Waals surface area (Å²) >= 11 is 0. The molecule has 11 heteroatoms. The van der Waals surface area contributed by atoms with Gasteiger partial charge in [-0.3, -0.25) is 14.1 Å². The van der Waals surface area contributed by atoms with Gasteiger partial charge in [-0.1, -0.05) is 6.42 Å². The van der Waals surface area contributed by atoms with Crippen LogP contribution >= 0.6 is 0 Å². The molecule has 1 atom stereocenters. The Morgan fingerprint density at radius 2 is 1.90 bits per heavy atom. The van der Waals surface area contributed by atoms with Crippen molar-refractivity contribution in [1.29, 1.82) is 0 Å². The second-order valence-electron chi connectivity index (χ2n) is 10.1. The Labute approximate surface area is 223 Å². The van der Waals surface area contributed by atoms with Crippen LogP contribution in [0.4, 0.5) is 17.6 Å². The fourth-order valence-corrected chi connectivity index (χ4v) is 5.17. The van der Waals surface area contributed by atoms with E-state index < -0.39 is 13.0 Å². The zero-order chi connectivity index (χ0) is 27.5. The third-order valence-corrected chi connectivity index (χ3v) is 7.30. The quantitative estimate of drug-likeness (QED) is 0.201. The summed E-state index contributed by atoms with van der Waals surface area (Å²) in [6, 6.07) is 6.41. The van der Waals surface area contributed by atoms with E-state index in [4.69, 9.17) is 14.2 Å². The van der Waals surface area contributed by atoms with Crippen molar-refractivity contribution in [3.63, 3.8) is 0 Å². The molecule has 1 saturated carbocycles. The Morgan fingerprint density at radius 1 is 1.10 bits per heavy atom. The van der Waals surface area contributed by atoms with Crippen LogP contribution in [0, 0.1) is 5.92 Å². The number of hydrogen-bond acceptors (Lipinski definition) is 6. The first-order valence-electron chi connectivity index (χ1n) is 13.1. The van der Waals surface area contributed by atoms with Crippen molar-refractivity contribution in [1.82, 2.24) is 14.3 Å². The van der Waals surface area contributed by atoms with Gasteiger partial charge in [0.25, 0.3) is 6.43 Å². The van der Waals surface area contributed by atoms with E-state index in [0.29, 0.717) is 35.8 Å². The summed E-state index contributed by atoms with van der Waals surface area (Å²) in [6.07, 6.45) is 5.74. The first-order chi connectivity index (χ1) is 18.8. The number of methoxy groups -OCH3 is 1. The van der Waals surface area contributed by atoms with E-state index in [9.17, 15) is 22.4 Å². The van der Waals surface area contributed by atoms with Crippen LogP contribution in [0.2, 0.25) is 0 Å². The molecule has 0 spiro atoms. The molecule has 1 aliphatic heterocycles. The van der Waals surface area contributed by atoms with Crippen LogP contribution in [0.1, 0.15) is 48.9 Å². The summed E-state index contributed by atoms with van der Waals surface area (Å²) in [7, 11) is 1.38. The van der Waals surface area contributed by atoms with E-state index >= 15 is 0 Å². The number of benzene rings is 1. The van der Waals surface area contributed by atoms with Gasteiger partial charge in [0.05, 0.1) is 25.5 Å². The Morgan fingerprint density at radius 3 is 2.62 bits per heavy atom. The molecule has 2 aromatic heterocycles. The molecular formula is C28H31F4N3O4. The largest absolute Gasteiger partial charge is 0.496 e. The van der Waals surface area contributed by atoms with Gasteiger partial charge in [-0.2, -0.15) is 8.78 Å². The van der Waals surface area contributed by atoms with Gasteiger partial charge in [0.2, 0.25) is 0 Å². The van der Waals surface area contributed by atoms with E-state index in [1.807, 2.05) is 0 Å². The average molecular weight is 550 g/mol. The molecule has 2 aliphatic rings. The van der Waals surface area contributed by atoms with Crippen molar-refractivity contribution in [3.05, 3.63) is 42.2 Å². The highest BCUT2D eigenvalue weighted by Crippen LogP contribution is 2.40. The van der Waals surface area contributed by atoms with Crippen LogP contribution in [0.3, 0.4) is 0 Å². The van der Waals surface area contributed by atoms with Crippen LogP contribution in [-0.2, 0) is 0 Å². The van der Waals surface area contributed by atoms with E-state index in [1.54, 1.807) is 39.9 Å². The number of hydrogen-bond donors (Lipinski definition) is 0. The first-order valence-corrected chi connectivity index (χ1v) is 13.1. The molecule has 7 nitrogen and oxygen atoms in total. The molecule has 2 fully saturated rings. The Bertz CT molecular complexity index is 1310. The van der Waals surface area contributed by atoms with Gasteiger partial charge in [0, 0.05) is 30.3 Å². The van der Waals surface area contributed by atoms with Crippen molar-refractivity contribution in [2.75, 3.05) is 26.8 Å². The smallest absolute Gasteiger partial charge is 0.387 e. The highest BCUT2D eigenvalue weighted by molar-refractivity contribution is 6.02. The number of ketones is 1. The normalized spacial score (nSPS) is 18.2. The van der Waals surface area contributed by atoms with Crippen molar-refractivity contribution >= 4 is 11.4 Å². The van der Waals surface area contributed by atoms with Crippen LogP contribution in [-0.4, -0.2) is 66.0 Å². The van der Waals surface area contributed by atoms with Crippen LogP contribution < -0.4 is 14.2 Å². The minimum absolute atomic E-state index is 0.0153. The zero-order valence-electron chi connectivity index (χ0n) is 21.6. The van der Waals surface area contributed by atoms with Gasteiger partial charge < -0.3 is 14.2 Å². The van der Waals surface area contributed by atoms with Gasteiger partial charge in [-0.15, -0.1) is 0 Å². The number of fused-ring (bicyclic) bond motifs is 1. The van der Waals surface area contributed by atoms with E-state index in [1.165, 1.54) is 13.2 Å². The summed E-state index contributed by atoms with van der Waals surface area (Å²) in [5.74, 6) is 0.441. The Kier molecular flexibility index (Phi) is 8.25. The summed E-state index contributed by atoms with van der Waals surface area (Å²) in [4.78, 5) is 19.1. The highest BCUT2D eigenvalue weighted by Gasteiger charge is 2.30. The molecule has 1 aromatic carbocycles. The number of Topliss-reactive ketones (excluding diaryl/α,β-unsaturated/α-hetero) is 1. The predicted octanol–water partition coefficient (Wildman–Crippen LogP) is 6.09. The maximum absolute atomic E-state index is 13.3. The van der Waals surface area contributed by atoms with E-state index in [-0.39, 0.29) is 47.8 Å². The fourth-order valence-electron chi connectivity index (χ4n) is 5.17. The van der Waals surface area contributed by atoms with Gasteiger partial charge in [-0.25, -0.2) is 13.8 Å². The van der Waals surface area contributed by atoms with Crippen molar-refractivity contribution in [2.45, 2.75) is 57.6 Å². The summed E-state index contributed by atoms with van der Waals surface area (Å²) in [5.41, 5.74) is 1.61. The van der Waals surface area contributed by atoms with Gasteiger partial charge in [0.15, 0.2) is 5.78 Å². The number of likely N-dealkylation sites (tertiary alicyclic amines) is 1. The van der Waals surface area contributed by atoms with Crippen molar-refractivity contribution in [2.24, 2.45) is 5.92 Å². The second-order valence-corrected chi connectivity index (χ2v) is 10.1. The molecule has 1 unspecified atom stereocenters. The molecule has 3 aromatic rings. The number of pyridine rings is 1. The van der Waals surface area contributed by atoms with E-state index in [0.717, 1.165) is 32.1 Å². The molecule has 1 saturated heterocycles. The number of imidazole rings is 1. The van der Waals surface area contributed by atoms with Crippen LogP contribution in [0.25, 0.3) is 16.9 Å². The molecule has 210 valence electrons. The van der Waals surface area contributed by atoms with Crippen LogP contribution in [0.15, 0.2) is 36.7 Å². The van der Waals surface area contributed by atoms with Gasteiger partial charge in [0.1, 0.15) is 35.1 Å². The average Bonchev–Trinajstić information content (AvgIpc) is 3.61. The predicted molar refractivity (Wildman–Crippen MR) is 136 cm³/mol. The number of halogens is 4. The maximum atomic E-state index is 13.3. The zero-order valence-corrected chi connectivity index (χ0v) is 21.6. The highest BCUT2D eigenvalue weighted by atomic mass is 19.3. The lowest BCUT2D eigenvalue weighted by molar-refractivity contribution is -0.0502. The minimum atomic E-state index is -3.11. The molecule has 5 rings (SSSR count). The number of piperidine rings is 1. The standard InChI is InChI=1S/C28H31F4N3O4/c1-37-23-11-18(12-24(39-28(31)32)27(23)22(36)10-17-5-6-17)21-14-33-26-13-20(7-9-35(21)26)38-16-19-4-2-3-8-34(19)15-25(29)30/h7,9,11-14,17,19,25,28H,2-6,8,10,15-16H2,1H3. The molecule has 0 amide bonds. The number of carbonyl (C=O) groups is 1. The first kappa shape index (κ1) is 27.2. The molecule has 0 radical (unpaired) electrons. The van der Waals surface area contributed by atoms with E-state index in [2.05, 4.69) is 4.98 Å². The molecule has 39 heavy (non-hydrogen) atoms. The molecular weight excluding hydrogens is 518 g/mol. The lowest BCUT2D eigenvalue weighted by Gasteiger charge is -2.35. The monoisotopic (exact) mass is 549 g/mol. The summed E-state index contributed by atoms with van der Waals surface area (Å²) < 4.78 is 70.4. The van der Waals surface area contributed by atoms with Crippen molar-refractivity contribution in [3.8, 4) is 28.5 Å². The lowest BCUT2D eigenvalue weighted by Crippen LogP contribution is -2.45. The minimum Gasteiger partial charge on any atom is -0.496 e. The Balaban J connectivity index is 1.39. The third-order valence-electron chi connectivity index (χ3n) is 7.30. The number of nitrogens with zero attached hydrogens (tertiary/aromatic N) is 3. The van der Waals surface area contributed by atoms with Crippen LogP contribution in [0.5, 0.6) is 17.2 Å². The molecule has 3 heterocycles. The number of ether oxygens (including phenoxy) is 3. The number of carbonyl (C=O) groups excluding carboxylic acids is 1. The second kappa shape index (κ2) is 11.8. The summed E-state index contributed by atoms with van der Waals surface area (Å²) in [6.45, 7) is -2.45.